The largest absolute Gasteiger partial charge is 0.428 e. The smallest absolute Gasteiger partial charge is 0.295 e. The highest BCUT2D eigenvalue weighted by atomic mass is 16.4. The standard InChI is InChI=1S/C14H18N2O/c1-8-6-10(3)12(7-9(8)2)13-11(4)17-14(15-5)16-13/h6-7H,1-5H3,(H,15,16). The summed E-state index contributed by atoms with van der Waals surface area (Å²) in [4.78, 5) is 4.45. The highest BCUT2D eigenvalue weighted by molar-refractivity contribution is 5.68. The molecule has 2 rings (SSSR count). The number of aryl methyl sites for hydroxylation is 4. The maximum Gasteiger partial charge on any atom is 0.295 e. The van der Waals surface area contributed by atoms with Crippen molar-refractivity contribution >= 4 is 6.01 Å². The molecule has 0 fully saturated rings. The van der Waals surface area contributed by atoms with E-state index in [1.165, 1.54) is 16.7 Å². The molecule has 1 aromatic carbocycles. The van der Waals surface area contributed by atoms with Gasteiger partial charge in [-0.1, -0.05) is 6.07 Å². The first kappa shape index (κ1) is 11.7. The van der Waals surface area contributed by atoms with Gasteiger partial charge in [0, 0.05) is 12.6 Å². The molecule has 0 bridgehead atoms. The van der Waals surface area contributed by atoms with Gasteiger partial charge < -0.3 is 9.73 Å². The van der Waals surface area contributed by atoms with E-state index in [4.69, 9.17) is 4.42 Å². The maximum atomic E-state index is 5.52. The van der Waals surface area contributed by atoms with Crippen molar-refractivity contribution in [1.29, 1.82) is 0 Å². The van der Waals surface area contributed by atoms with E-state index in [-0.39, 0.29) is 0 Å². The number of hydrogen-bond donors (Lipinski definition) is 1. The quantitative estimate of drug-likeness (QED) is 0.856. The van der Waals surface area contributed by atoms with E-state index in [9.17, 15) is 0 Å². The SMILES string of the molecule is CNc1nc(-c2cc(C)c(C)cc2C)c(C)o1. The monoisotopic (exact) mass is 230 g/mol. The van der Waals surface area contributed by atoms with Crippen LogP contribution >= 0.6 is 0 Å². The average molecular weight is 230 g/mol. The van der Waals surface area contributed by atoms with Gasteiger partial charge in [-0.25, -0.2) is 0 Å². The van der Waals surface area contributed by atoms with Gasteiger partial charge in [-0.2, -0.15) is 4.98 Å². The van der Waals surface area contributed by atoms with Crippen LogP contribution in [-0.2, 0) is 0 Å². The molecule has 3 nitrogen and oxygen atoms in total. The van der Waals surface area contributed by atoms with Crippen molar-refractivity contribution < 1.29 is 4.42 Å². The van der Waals surface area contributed by atoms with Gasteiger partial charge in [0.25, 0.3) is 6.01 Å². The van der Waals surface area contributed by atoms with Crippen LogP contribution in [0.25, 0.3) is 11.3 Å². The van der Waals surface area contributed by atoms with Crippen LogP contribution in [0.3, 0.4) is 0 Å². The lowest BCUT2D eigenvalue weighted by molar-refractivity contribution is 0.544. The second-order valence-corrected chi connectivity index (χ2v) is 4.43. The van der Waals surface area contributed by atoms with E-state index >= 15 is 0 Å². The molecule has 3 heteroatoms. The highest BCUT2D eigenvalue weighted by Crippen LogP contribution is 2.29. The number of nitrogens with zero attached hydrogens (tertiary/aromatic N) is 1. The number of aromatic nitrogens is 1. The van der Waals surface area contributed by atoms with Gasteiger partial charge in [-0.3, -0.25) is 0 Å². The Hall–Kier alpha value is -1.77. The second-order valence-electron chi connectivity index (χ2n) is 4.43. The topological polar surface area (TPSA) is 38.1 Å². The normalized spacial score (nSPS) is 10.6. The molecule has 2 aromatic rings. The lowest BCUT2D eigenvalue weighted by Crippen LogP contribution is -1.91. The molecule has 17 heavy (non-hydrogen) atoms. The van der Waals surface area contributed by atoms with Crippen LogP contribution < -0.4 is 5.32 Å². The Bertz CT molecular complexity index is 556. The Morgan fingerprint density at radius 1 is 1.00 bits per heavy atom. The van der Waals surface area contributed by atoms with E-state index in [1.807, 2.05) is 14.0 Å². The van der Waals surface area contributed by atoms with Crippen molar-refractivity contribution in [3.05, 3.63) is 34.6 Å². The number of rotatable bonds is 2. The molecule has 0 radical (unpaired) electrons. The van der Waals surface area contributed by atoms with Gasteiger partial charge in [0.15, 0.2) is 0 Å². The van der Waals surface area contributed by atoms with Crippen LogP contribution in [0.4, 0.5) is 6.01 Å². The molecular weight excluding hydrogens is 212 g/mol. The minimum Gasteiger partial charge on any atom is -0.428 e. The van der Waals surface area contributed by atoms with Crippen molar-refractivity contribution in [2.75, 3.05) is 12.4 Å². The van der Waals surface area contributed by atoms with Crippen LogP contribution in [0.15, 0.2) is 16.5 Å². The second kappa shape index (κ2) is 4.24. The van der Waals surface area contributed by atoms with Crippen molar-refractivity contribution in [3.63, 3.8) is 0 Å². The van der Waals surface area contributed by atoms with Gasteiger partial charge in [0.1, 0.15) is 11.5 Å². The average Bonchev–Trinajstić information content (AvgIpc) is 2.65. The van der Waals surface area contributed by atoms with E-state index in [0.29, 0.717) is 6.01 Å². The fourth-order valence-electron chi connectivity index (χ4n) is 1.97. The van der Waals surface area contributed by atoms with Gasteiger partial charge in [-0.15, -0.1) is 0 Å². The molecule has 0 saturated heterocycles. The Morgan fingerprint density at radius 2 is 1.65 bits per heavy atom. The molecule has 0 spiro atoms. The number of benzene rings is 1. The van der Waals surface area contributed by atoms with Crippen LogP contribution in [0, 0.1) is 27.7 Å². The summed E-state index contributed by atoms with van der Waals surface area (Å²) in [5.41, 5.74) is 5.89. The summed E-state index contributed by atoms with van der Waals surface area (Å²) >= 11 is 0. The lowest BCUT2D eigenvalue weighted by Gasteiger charge is -2.07. The molecule has 0 aliphatic carbocycles. The summed E-state index contributed by atoms with van der Waals surface area (Å²) in [7, 11) is 1.81. The molecule has 0 aliphatic rings. The third-order valence-corrected chi connectivity index (χ3v) is 3.11. The zero-order valence-corrected chi connectivity index (χ0v) is 11.0. The first-order valence-electron chi connectivity index (χ1n) is 5.76. The van der Waals surface area contributed by atoms with Gasteiger partial charge in [0.2, 0.25) is 0 Å². The first-order chi connectivity index (χ1) is 8.02. The van der Waals surface area contributed by atoms with Gasteiger partial charge in [0.05, 0.1) is 0 Å². The van der Waals surface area contributed by atoms with Crippen LogP contribution in [0.1, 0.15) is 22.5 Å². The van der Waals surface area contributed by atoms with E-state index in [1.54, 1.807) is 0 Å². The summed E-state index contributed by atoms with van der Waals surface area (Å²) in [5, 5.41) is 2.93. The molecule has 0 amide bonds. The summed E-state index contributed by atoms with van der Waals surface area (Å²) in [5.74, 6) is 0.848. The van der Waals surface area contributed by atoms with Gasteiger partial charge in [-0.05, 0) is 50.5 Å². The molecule has 0 unspecified atom stereocenters. The van der Waals surface area contributed by atoms with Crippen LogP contribution in [0.2, 0.25) is 0 Å². The zero-order chi connectivity index (χ0) is 12.6. The van der Waals surface area contributed by atoms with Gasteiger partial charge >= 0.3 is 0 Å². The Labute approximate surface area is 102 Å². The maximum absolute atomic E-state index is 5.52. The highest BCUT2D eigenvalue weighted by Gasteiger charge is 2.13. The number of oxazole rings is 1. The van der Waals surface area contributed by atoms with Crippen molar-refractivity contribution in [1.82, 2.24) is 4.98 Å². The fraction of sp³-hybridized carbons (Fsp3) is 0.357. The zero-order valence-electron chi connectivity index (χ0n) is 11.0. The number of hydrogen-bond acceptors (Lipinski definition) is 3. The number of nitrogens with one attached hydrogen (secondary N) is 1. The summed E-state index contributed by atoms with van der Waals surface area (Å²) in [6.45, 7) is 8.29. The van der Waals surface area contributed by atoms with E-state index < -0.39 is 0 Å². The number of anilines is 1. The fourth-order valence-corrected chi connectivity index (χ4v) is 1.97. The first-order valence-corrected chi connectivity index (χ1v) is 5.76. The molecule has 0 aliphatic heterocycles. The summed E-state index contributed by atoms with van der Waals surface area (Å²) in [6, 6.07) is 4.93. The molecule has 1 heterocycles. The molecule has 1 N–H and O–H groups in total. The summed E-state index contributed by atoms with van der Waals surface area (Å²) in [6.07, 6.45) is 0. The minimum absolute atomic E-state index is 0.565. The van der Waals surface area contributed by atoms with Crippen molar-refractivity contribution in [2.24, 2.45) is 0 Å². The van der Waals surface area contributed by atoms with E-state index in [2.05, 4.69) is 43.2 Å². The van der Waals surface area contributed by atoms with Crippen LogP contribution in [-0.4, -0.2) is 12.0 Å². The molecule has 90 valence electrons. The molecule has 1 aromatic heterocycles. The summed E-state index contributed by atoms with van der Waals surface area (Å²) < 4.78 is 5.52. The van der Waals surface area contributed by atoms with Crippen molar-refractivity contribution in [3.8, 4) is 11.3 Å². The van der Waals surface area contributed by atoms with E-state index in [0.717, 1.165) is 17.0 Å². The third kappa shape index (κ3) is 2.05. The third-order valence-electron chi connectivity index (χ3n) is 3.11. The minimum atomic E-state index is 0.565. The Balaban J connectivity index is 2.59. The molecule has 0 saturated carbocycles. The Morgan fingerprint density at radius 3 is 2.24 bits per heavy atom. The van der Waals surface area contributed by atoms with Crippen LogP contribution in [0.5, 0.6) is 0 Å². The predicted octanol–water partition coefficient (Wildman–Crippen LogP) is 3.62. The predicted molar refractivity (Wildman–Crippen MR) is 70.4 cm³/mol. The lowest BCUT2D eigenvalue weighted by atomic mass is 9.98. The molecule has 0 atom stereocenters. The van der Waals surface area contributed by atoms with Crippen molar-refractivity contribution in [2.45, 2.75) is 27.7 Å². The Kier molecular flexibility index (Phi) is 2.92. The molecular formula is C14H18N2O.